The maximum atomic E-state index is 10.6. The zero-order valence-electron chi connectivity index (χ0n) is 11.8. The second-order valence-corrected chi connectivity index (χ2v) is 5.28. The number of rotatable bonds is 5. The molecule has 4 heteroatoms. The molecule has 106 valence electrons. The van der Waals surface area contributed by atoms with Gasteiger partial charge in [-0.1, -0.05) is 6.07 Å². The summed E-state index contributed by atoms with van der Waals surface area (Å²) in [6, 6.07) is 5.75. The fraction of sp³-hybridized carbons (Fsp3) is 0.600. The number of aliphatic hydroxyl groups is 1. The van der Waals surface area contributed by atoms with E-state index >= 15 is 0 Å². The van der Waals surface area contributed by atoms with E-state index < -0.39 is 5.60 Å². The van der Waals surface area contributed by atoms with E-state index in [9.17, 15) is 5.11 Å². The number of benzene rings is 1. The maximum Gasteiger partial charge on any atom is 0.160 e. The third-order valence-electron chi connectivity index (χ3n) is 3.82. The van der Waals surface area contributed by atoms with E-state index in [1.165, 1.54) is 0 Å². The molecule has 0 saturated carbocycles. The van der Waals surface area contributed by atoms with Gasteiger partial charge in [-0.25, -0.2) is 0 Å². The molecule has 4 nitrogen and oxygen atoms in total. The Morgan fingerprint density at radius 1 is 1.32 bits per heavy atom. The summed E-state index contributed by atoms with van der Waals surface area (Å²) in [5, 5.41) is 10.6. The zero-order valence-corrected chi connectivity index (χ0v) is 11.8. The van der Waals surface area contributed by atoms with E-state index in [2.05, 4.69) is 0 Å². The highest BCUT2D eigenvalue weighted by molar-refractivity contribution is 5.43. The summed E-state index contributed by atoms with van der Waals surface area (Å²) < 4.78 is 15.9. The van der Waals surface area contributed by atoms with Crippen LogP contribution in [0.1, 0.15) is 18.9 Å². The molecule has 1 aromatic carbocycles. The van der Waals surface area contributed by atoms with Gasteiger partial charge in [0.05, 0.1) is 26.4 Å². The number of hydrogen-bond acceptors (Lipinski definition) is 4. The highest BCUT2D eigenvalue weighted by Crippen LogP contribution is 2.32. The standard InChI is InChI=1S/C15H22O4/c1-15(16,12-6-7-19-10-12)9-11-4-5-13(17-2)14(8-11)18-3/h4-5,8,12,16H,6-7,9-10H2,1-3H3. The van der Waals surface area contributed by atoms with Crippen LogP contribution >= 0.6 is 0 Å². The molecular weight excluding hydrogens is 244 g/mol. The van der Waals surface area contributed by atoms with Crippen LogP contribution in [0.25, 0.3) is 0 Å². The third-order valence-corrected chi connectivity index (χ3v) is 3.82. The molecule has 2 atom stereocenters. The van der Waals surface area contributed by atoms with E-state index in [1.807, 2.05) is 25.1 Å². The van der Waals surface area contributed by atoms with Gasteiger partial charge < -0.3 is 19.3 Å². The lowest BCUT2D eigenvalue weighted by molar-refractivity contribution is -0.00457. The quantitative estimate of drug-likeness (QED) is 0.886. The number of ether oxygens (including phenoxy) is 3. The molecule has 1 N–H and O–H groups in total. The fourth-order valence-electron chi connectivity index (χ4n) is 2.57. The van der Waals surface area contributed by atoms with Crippen molar-refractivity contribution < 1.29 is 19.3 Å². The molecule has 2 unspecified atom stereocenters. The average molecular weight is 266 g/mol. The van der Waals surface area contributed by atoms with Crippen molar-refractivity contribution in [3.63, 3.8) is 0 Å². The molecule has 1 aliphatic heterocycles. The van der Waals surface area contributed by atoms with Gasteiger partial charge in [-0.15, -0.1) is 0 Å². The van der Waals surface area contributed by atoms with Crippen LogP contribution in [-0.2, 0) is 11.2 Å². The first-order valence-electron chi connectivity index (χ1n) is 6.58. The SMILES string of the molecule is COc1ccc(CC(C)(O)C2CCOC2)cc1OC. The molecule has 1 saturated heterocycles. The molecular formula is C15H22O4. The Hall–Kier alpha value is -1.26. The molecule has 0 bridgehead atoms. The lowest BCUT2D eigenvalue weighted by atomic mass is 9.83. The summed E-state index contributed by atoms with van der Waals surface area (Å²) in [6.45, 7) is 3.26. The lowest BCUT2D eigenvalue weighted by Crippen LogP contribution is -2.37. The van der Waals surface area contributed by atoms with Gasteiger partial charge in [0.15, 0.2) is 11.5 Å². The van der Waals surface area contributed by atoms with Gasteiger partial charge in [0.25, 0.3) is 0 Å². The Kier molecular flexibility index (Phi) is 4.32. The molecule has 1 fully saturated rings. The Labute approximate surface area is 114 Å². The normalized spacial score (nSPS) is 22.0. The summed E-state index contributed by atoms with van der Waals surface area (Å²) in [5.41, 5.74) is 0.283. The van der Waals surface area contributed by atoms with Gasteiger partial charge in [0.1, 0.15) is 0 Å². The summed E-state index contributed by atoms with van der Waals surface area (Å²) in [7, 11) is 3.23. The smallest absolute Gasteiger partial charge is 0.160 e. The van der Waals surface area contributed by atoms with Crippen molar-refractivity contribution in [3.05, 3.63) is 23.8 Å². The van der Waals surface area contributed by atoms with Crippen LogP contribution in [-0.4, -0.2) is 38.1 Å². The average Bonchev–Trinajstić information content (AvgIpc) is 2.93. The van der Waals surface area contributed by atoms with E-state index in [-0.39, 0.29) is 5.92 Å². The van der Waals surface area contributed by atoms with E-state index in [1.54, 1.807) is 14.2 Å². The Bertz CT molecular complexity index is 422. The van der Waals surface area contributed by atoms with E-state index in [4.69, 9.17) is 14.2 Å². The predicted octanol–water partition coefficient (Wildman–Crippen LogP) is 2.03. The molecule has 1 aromatic rings. The summed E-state index contributed by atoms with van der Waals surface area (Å²) in [5.74, 6) is 1.59. The topological polar surface area (TPSA) is 47.9 Å². The second kappa shape index (κ2) is 5.80. The highest BCUT2D eigenvalue weighted by atomic mass is 16.5. The molecule has 0 aromatic heterocycles. The molecule has 0 amide bonds. The van der Waals surface area contributed by atoms with Crippen molar-refractivity contribution >= 4 is 0 Å². The van der Waals surface area contributed by atoms with Crippen LogP contribution in [0.4, 0.5) is 0 Å². The van der Waals surface area contributed by atoms with Crippen molar-refractivity contribution in [1.82, 2.24) is 0 Å². The van der Waals surface area contributed by atoms with Gasteiger partial charge >= 0.3 is 0 Å². The van der Waals surface area contributed by atoms with Gasteiger partial charge in [-0.05, 0) is 31.0 Å². The molecule has 0 radical (unpaired) electrons. The Morgan fingerprint density at radius 3 is 2.63 bits per heavy atom. The zero-order chi connectivity index (χ0) is 13.9. The highest BCUT2D eigenvalue weighted by Gasteiger charge is 2.34. The molecule has 1 heterocycles. The van der Waals surface area contributed by atoms with Crippen LogP contribution in [0.5, 0.6) is 11.5 Å². The number of hydrogen-bond donors (Lipinski definition) is 1. The van der Waals surface area contributed by atoms with Gasteiger partial charge in [-0.2, -0.15) is 0 Å². The third kappa shape index (κ3) is 3.19. The molecule has 19 heavy (non-hydrogen) atoms. The van der Waals surface area contributed by atoms with Crippen LogP contribution < -0.4 is 9.47 Å². The Morgan fingerprint density at radius 2 is 2.05 bits per heavy atom. The maximum absolute atomic E-state index is 10.6. The minimum Gasteiger partial charge on any atom is -0.493 e. The second-order valence-electron chi connectivity index (χ2n) is 5.28. The molecule has 2 rings (SSSR count). The van der Waals surface area contributed by atoms with Crippen molar-refractivity contribution in [1.29, 1.82) is 0 Å². The van der Waals surface area contributed by atoms with Crippen molar-refractivity contribution in [3.8, 4) is 11.5 Å². The largest absolute Gasteiger partial charge is 0.493 e. The molecule has 1 aliphatic rings. The van der Waals surface area contributed by atoms with E-state index in [0.29, 0.717) is 24.5 Å². The van der Waals surface area contributed by atoms with Crippen molar-refractivity contribution in [2.75, 3.05) is 27.4 Å². The minimum absolute atomic E-state index is 0.195. The lowest BCUT2D eigenvalue weighted by Gasteiger charge is -2.29. The first kappa shape index (κ1) is 14.2. The Balaban J connectivity index is 2.13. The van der Waals surface area contributed by atoms with Crippen molar-refractivity contribution in [2.24, 2.45) is 5.92 Å². The van der Waals surface area contributed by atoms with Crippen LogP contribution in [0, 0.1) is 5.92 Å². The van der Waals surface area contributed by atoms with Gasteiger partial charge in [0.2, 0.25) is 0 Å². The minimum atomic E-state index is -0.754. The van der Waals surface area contributed by atoms with Gasteiger partial charge in [0, 0.05) is 18.9 Å². The number of methoxy groups -OCH3 is 2. The summed E-state index contributed by atoms with van der Waals surface area (Å²) >= 11 is 0. The predicted molar refractivity (Wildman–Crippen MR) is 72.8 cm³/mol. The van der Waals surface area contributed by atoms with Crippen LogP contribution in [0.15, 0.2) is 18.2 Å². The van der Waals surface area contributed by atoms with Gasteiger partial charge in [-0.3, -0.25) is 0 Å². The fourth-order valence-corrected chi connectivity index (χ4v) is 2.57. The first-order chi connectivity index (χ1) is 9.06. The van der Waals surface area contributed by atoms with E-state index in [0.717, 1.165) is 18.6 Å². The summed E-state index contributed by atoms with van der Waals surface area (Å²) in [4.78, 5) is 0. The monoisotopic (exact) mass is 266 g/mol. The van der Waals surface area contributed by atoms with Crippen molar-refractivity contribution in [2.45, 2.75) is 25.4 Å². The van der Waals surface area contributed by atoms with Crippen LogP contribution in [0.2, 0.25) is 0 Å². The molecule has 0 spiro atoms. The first-order valence-corrected chi connectivity index (χ1v) is 6.58. The summed E-state index contributed by atoms with van der Waals surface area (Å²) in [6.07, 6.45) is 1.50. The van der Waals surface area contributed by atoms with Crippen LogP contribution in [0.3, 0.4) is 0 Å². The molecule has 0 aliphatic carbocycles.